The highest BCUT2D eigenvalue weighted by molar-refractivity contribution is 7.97. The molecule has 0 aliphatic carbocycles. The number of rotatable bonds is 2. The molecule has 0 aromatic heterocycles. The molecule has 0 heterocycles. The zero-order chi connectivity index (χ0) is 8.62. The fourth-order valence-electron chi connectivity index (χ4n) is 0.0680. The van der Waals surface area contributed by atoms with Crippen molar-refractivity contribution in [2.75, 3.05) is 0 Å². The van der Waals surface area contributed by atoms with Gasteiger partial charge in [0.1, 0.15) is 0 Å². The van der Waals surface area contributed by atoms with Crippen LogP contribution in [-0.2, 0) is 9.84 Å². The molecular weight excluding hydrogens is 150 g/mol. The molecule has 0 bridgehead atoms. The summed E-state index contributed by atoms with van der Waals surface area (Å²) in [5.74, 6) is 0. The standard InChI is InChI=1S/C4H6O2S.C2H3N/c1-3-7(5,6)4-2;1-2-3/h3-4H,1-2H2;1H3. The monoisotopic (exact) mass is 159 g/mol. The van der Waals surface area contributed by atoms with Crippen molar-refractivity contribution in [3.05, 3.63) is 24.0 Å². The Morgan fingerprint density at radius 2 is 1.60 bits per heavy atom. The summed E-state index contributed by atoms with van der Waals surface area (Å²) in [7, 11) is -3.13. The number of sulfone groups is 1. The highest BCUT2D eigenvalue weighted by Crippen LogP contribution is 1.87. The average molecular weight is 159 g/mol. The van der Waals surface area contributed by atoms with Gasteiger partial charge in [0.15, 0.2) is 9.84 Å². The Morgan fingerprint density at radius 1 is 1.40 bits per heavy atom. The Hall–Kier alpha value is -1.08. The first-order valence-electron chi connectivity index (χ1n) is 2.34. The van der Waals surface area contributed by atoms with Crippen molar-refractivity contribution >= 4 is 9.84 Å². The normalized spacial score (nSPS) is 8.00. The molecule has 0 amide bonds. The molecule has 56 valence electrons. The molecule has 3 nitrogen and oxygen atoms in total. The third-order valence-corrected chi connectivity index (χ3v) is 1.39. The second kappa shape index (κ2) is 6.05. The summed E-state index contributed by atoms with van der Waals surface area (Å²) >= 11 is 0. The van der Waals surface area contributed by atoms with Crippen LogP contribution in [0.3, 0.4) is 0 Å². The first kappa shape index (κ1) is 11.7. The molecule has 0 spiro atoms. The first-order chi connectivity index (χ1) is 4.54. The van der Waals surface area contributed by atoms with Crippen molar-refractivity contribution in [1.82, 2.24) is 0 Å². The Kier molecular flexibility index (Phi) is 7.06. The van der Waals surface area contributed by atoms with E-state index in [4.69, 9.17) is 5.26 Å². The highest BCUT2D eigenvalue weighted by Gasteiger charge is 1.90. The summed E-state index contributed by atoms with van der Waals surface area (Å²) in [5, 5.41) is 9.01. The van der Waals surface area contributed by atoms with Gasteiger partial charge in [0.2, 0.25) is 0 Å². The second-order valence-electron chi connectivity index (χ2n) is 1.15. The maximum Gasteiger partial charge on any atom is 0.191 e. The van der Waals surface area contributed by atoms with Gasteiger partial charge in [0, 0.05) is 17.7 Å². The van der Waals surface area contributed by atoms with E-state index in [0.29, 0.717) is 0 Å². The Bertz CT molecular complexity index is 219. The van der Waals surface area contributed by atoms with Crippen LogP contribution >= 0.6 is 0 Å². The summed E-state index contributed by atoms with van der Waals surface area (Å²) < 4.78 is 20.3. The van der Waals surface area contributed by atoms with Gasteiger partial charge < -0.3 is 0 Å². The molecule has 0 unspecified atom stereocenters. The van der Waals surface area contributed by atoms with E-state index >= 15 is 0 Å². The van der Waals surface area contributed by atoms with E-state index in [0.717, 1.165) is 10.8 Å². The summed E-state index contributed by atoms with van der Waals surface area (Å²) in [4.78, 5) is 0. The lowest BCUT2D eigenvalue weighted by Gasteiger charge is -1.78. The van der Waals surface area contributed by atoms with Crippen LogP contribution in [-0.4, -0.2) is 8.42 Å². The van der Waals surface area contributed by atoms with Gasteiger partial charge in [0.25, 0.3) is 0 Å². The lowest BCUT2D eigenvalue weighted by molar-refractivity contribution is 0.613. The predicted octanol–water partition coefficient (Wildman–Crippen LogP) is 1.22. The lowest BCUT2D eigenvalue weighted by atomic mass is 11.0. The van der Waals surface area contributed by atoms with Crippen LogP contribution in [0.2, 0.25) is 0 Å². The van der Waals surface area contributed by atoms with Crippen molar-refractivity contribution in [3.8, 4) is 6.07 Å². The molecule has 0 aliphatic rings. The molecule has 10 heavy (non-hydrogen) atoms. The molecule has 0 aromatic rings. The van der Waals surface area contributed by atoms with E-state index in [9.17, 15) is 8.42 Å². The topological polar surface area (TPSA) is 57.9 Å². The SMILES string of the molecule is C=CS(=O)(=O)C=C.CC#N. The van der Waals surface area contributed by atoms with E-state index < -0.39 is 9.84 Å². The van der Waals surface area contributed by atoms with E-state index in [1.165, 1.54) is 6.92 Å². The van der Waals surface area contributed by atoms with Crippen molar-refractivity contribution in [2.45, 2.75) is 6.92 Å². The smallest absolute Gasteiger partial charge is 0.191 e. The number of nitriles is 1. The van der Waals surface area contributed by atoms with E-state index in [1.54, 1.807) is 6.07 Å². The van der Waals surface area contributed by atoms with Gasteiger partial charge in [0.05, 0.1) is 6.07 Å². The van der Waals surface area contributed by atoms with Crippen molar-refractivity contribution in [3.63, 3.8) is 0 Å². The summed E-state index contributed by atoms with van der Waals surface area (Å²) in [6.07, 6.45) is 0. The highest BCUT2D eigenvalue weighted by atomic mass is 32.2. The van der Waals surface area contributed by atoms with Gasteiger partial charge in [-0.15, -0.1) is 0 Å². The molecule has 0 fully saturated rings. The predicted molar refractivity (Wildman–Crippen MR) is 40.6 cm³/mol. The van der Waals surface area contributed by atoms with Gasteiger partial charge in [-0.2, -0.15) is 5.26 Å². The minimum absolute atomic E-state index is 0.847. The third-order valence-electron chi connectivity index (χ3n) is 0.465. The summed E-state index contributed by atoms with van der Waals surface area (Å²) in [6.45, 7) is 7.52. The molecule has 0 radical (unpaired) electrons. The van der Waals surface area contributed by atoms with Crippen LogP contribution in [0.15, 0.2) is 24.0 Å². The van der Waals surface area contributed by atoms with Crippen LogP contribution < -0.4 is 0 Å². The van der Waals surface area contributed by atoms with Gasteiger partial charge in [-0.05, 0) is 0 Å². The number of hydrogen-bond acceptors (Lipinski definition) is 3. The van der Waals surface area contributed by atoms with Crippen molar-refractivity contribution in [1.29, 1.82) is 5.26 Å². The van der Waals surface area contributed by atoms with Crippen LogP contribution in [0.25, 0.3) is 0 Å². The largest absolute Gasteiger partial charge is 0.220 e. The van der Waals surface area contributed by atoms with E-state index in [-0.39, 0.29) is 0 Å². The van der Waals surface area contributed by atoms with Crippen LogP contribution in [0.1, 0.15) is 6.92 Å². The molecule has 0 aliphatic heterocycles. The summed E-state index contributed by atoms with van der Waals surface area (Å²) in [6, 6.07) is 1.75. The average Bonchev–Trinajstić information content (AvgIpc) is 1.90. The lowest BCUT2D eigenvalue weighted by Crippen LogP contribution is -1.83. The third kappa shape index (κ3) is 10.0. The van der Waals surface area contributed by atoms with Gasteiger partial charge in [-0.3, -0.25) is 0 Å². The zero-order valence-corrected chi connectivity index (χ0v) is 6.56. The Morgan fingerprint density at radius 3 is 1.60 bits per heavy atom. The minimum Gasteiger partial charge on any atom is -0.220 e. The van der Waals surface area contributed by atoms with Crippen molar-refractivity contribution < 1.29 is 8.42 Å². The number of hydrogen-bond donors (Lipinski definition) is 0. The second-order valence-corrected chi connectivity index (χ2v) is 2.99. The van der Waals surface area contributed by atoms with Crippen LogP contribution in [0.4, 0.5) is 0 Å². The van der Waals surface area contributed by atoms with Gasteiger partial charge in [-0.1, -0.05) is 13.2 Å². The van der Waals surface area contributed by atoms with Crippen molar-refractivity contribution in [2.24, 2.45) is 0 Å². The van der Waals surface area contributed by atoms with E-state index in [1.807, 2.05) is 0 Å². The Balaban J connectivity index is 0. The molecule has 0 atom stereocenters. The summed E-state index contributed by atoms with van der Waals surface area (Å²) in [5.41, 5.74) is 0. The zero-order valence-electron chi connectivity index (χ0n) is 5.74. The maximum atomic E-state index is 10.1. The first-order valence-corrected chi connectivity index (χ1v) is 3.95. The molecule has 0 saturated carbocycles. The number of nitrogens with zero attached hydrogens (tertiary/aromatic N) is 1. The quantitative estimate of drug-likeness (QED) is 0.608. The molecule has 0 saturated heterocycles. The van der Waals surface area contributed by atoms with Gasteiger partial charge >= 0.3 is 0 Å². The van der Waals surface area contributed by atoms with Gasteiger partial charge in [-0.25, -0.2) is 8.42 Å². The fourth-order valence-corrected chi connectivity index (χ4v) is 0.204. The molecule has 0 N–H and O–H groups in total. The Labute approximate surface area is 61.2 Å². The molecular formula is C6H9NO2S. The molecule has 0 aromatic carbocycles. The van der Waals surface area contributed by atoms with Crippen LogP contribution in [0, 0.1) is 11.3 Å². The molecule has 0 rings (SSSR count). The fraction of sp³-hybridized carbons (Fsp3) is 0.167. The minimum atomic E-state index is -3.13. The molecule has 4 heteroatoms. The maximum absolute atomic E-state index is 10.1. The van der Waals surface area contributed by atoms with E-state index in [2.05, 4.69) is 13.2 Å². The van der Waals surface area contributed by atoms with Crippen LogP contribution in [0.5, 0.6) is 0 Å².